The summed E-state index contributed by atoms with van der Waals surface area (Å²) in [6.07, 6.45) is 8.25. The van der Waals surface area contributed by atoms with Gasteiger partial charge in [-0.05, 0) is 83.1 Å². The van der Waals surface area contributed by atoms with Crippen molar-refractivity contribution in [3.8, 4) is 5.75 Å². The second-order valence-corrected chi connectivity index (χ2v) is 16.5. The first-order valence-corrected chi connectivity index (χ1v) is 21.4. The Morgan fingerprint density at radius 1 is 0.902 bits per heavy atom. The number of carbonyl (C=O) groups excluding carboxylic acids is 2. The topological polar surface area (TPSA) is 162 Å². The van der Waals surface area contributed by atoms with Gasteiger partial charge in [-0.15, -0.1) is 0 Å². The smallest absolute Gasteiger partial charge is 0.329 e. The molecule has 316 valence electrons. The van der Waals surface area contributed by atoms with Crippen LogP contribution in [0.25, 0.3) is 21.9 Å². The summed E-state index contributed by atoms with van der Waals surface area (Å²) in [5, 5.41) is 14.2. The molecule has 3 N–H and O–H groups in total. The van der Waals surface area contributed by atoms with E-state index in [9.17, 15) is 9.59 Å². The lowest BCUT2D eigenvalue weighted by molar-refractivity contribution is -0.120. The first kappa shape index (κ1) is 40.3. The minimum absolute atomic E-state index is 0.172. The summed E-state index contributed by atoms with van der Waals surface area (Å²) >= 11 is 3.59. The standard InChI is InChI=1S/C43H47BrFN13O3/c1-4-27-19-34(50-42-48-24-30(44)40(52-42)49-28-5-6-32-33(20-28)47-11-10-46-32)38(61-3)23-35(27)56-12-7-26(8-13-56)25-55-15-17-57(18-16-55)37-22-36-29(21-31(37)45)41(53-54(36)2)58-14-9-39(59)51-43(58)60/h5-6,10-11,19-24,26H,4,7-9,12-18,25H2,1-3H3,(H,51,59,60)(H2,48,49,50,52). The predicted molar refractivity (Wildman–Crippen MR) is 238 cm³/mol. The number of piperazine rings is 1. The second-order valence-electron chi connectivity index (χ2n) is 15.7. The molecule has 3 amide bonds. The fraction of sp³-hybridized carbons (Fsp3) is 0.372. The first-order valence-electron chi connectivity index (χ1n) is 20.6. The number of rotatable bonds is 11. The molecule has 0 bridgehead atoms. The number of hydrogen-bond donors (Lipinski definition) is 3. The highest BCUT2D eigenvalue weighted by Crippen LogP contribution is 2.38. The summed E-state index contributed by atoms with van der Waals surface area (Å²) < 4.78 is 24.0. The number of urea groups is 1. The van der Waals surface area contributed by atoms with Crippen LogP contribution < -0.4 is 35.4 Å². The maximum Gasteiger partial charge on any atom is 0.329 e. The number of fused-ring (bicyclic) bond motifs is 2. The van der Waals surface area contributed by atoms with Crippen LogP contribution in [0, 0.1) is 11.7 Å². The van der Waals surface area contributed by atoms with Crippen LogP contribution in [-0.4, -0.2) is 106 Å². The summed E-state index contributed by atoms with van der Waals surface area (Å²) in [5.74, 6) is 2.00. The summed E-state index contributed by atoms with van der Waals surface area (Å²) in [5.41, 5.74) is 6.89. The van der Waals surface area contributed by atoms with Crippen LogP contribution in [0.4, 0.5) is 49.5 Å². The summed E-state index contributed by atoms with van der Waals surface area (Å²) in [6.45, 7) is 8.41. The monoisotopic (exact) mass is 891 g/mol. The van der Waals surface area contributed by atoms with Crippen molar-refractivity contribution < 1.29 is 18.7 Å². The molecule has 3 aliphatic heterocycles. The largest absolute Gasteiger partial charge is 0.494 e. The van der Waals surface area contributed by atoms with E-state index < -0.39 is 6.03 Å². The molecule has 61 heavy (non-hydrogen) atoms. The Hall–Kier alpha value is -6.14. The van der Waals surface area contributed by atoms with E-state index in [2.05, 4.69) is 85.7 Å². The quantitative estimate of drug-likeness (QED) is 0.125. The lowest BCUT2D eigenvalue weighted by atomic mass is 9.94. The molecule has 0 spiro atoms. The van der Waals surface area contributed by atoms with Gasteiger partial charge in [0, 0.05) is 107 Å². The molecule has 6 heterocycles. The van der Waals surface area contributed by atoms with E-state index in [-0.39, 0.29) is 24.7 Å². The third-order valence-corrected chi connectivity index (χ3v) is 12.5. The Labute approximate surface area is 360 Å². The summed E-state index contributed by atoms with van der Waals surface area (Å²) in [7, 11) is 3.47. The molecule has 9 rings (SSSR count). The Bertz CT molecular complexity index is 2630. The zero-order chi connectivity index (χ0) is 42.2. The van der Waals surface area contributed by atoms with Gasteiger partial charge in [0.05, 0.1) is 39.5 Å². The van der Waals surface area contributed by atoms with Crippen LogP contribution in [-0.2, 0) is 18.3 Å². The number of piperidine rings is 1. The van der Waals surface area contributed by atoms with Crippen LogP contribution in [0.1, 0.15) is 31.7 Å². The Morgan fingerprint density at radius 2 is 1.67 bits per heavy atom. The van der Waals surface area contributed by atoms with Gasteiger partial charge >= 0.3 is 6.03 Å². The number of methoxy groups -OCH3 is 1. The third kappa shape index (κ3) is 8.33. The van der Waals surface area contributed by atoms with Gasteiger partial charge in [0.1, 0.15) is 17.4 Å². The second kappa shape index (κ2) is 17.1. The number of nitrogens with one attached hydrogen (secondary N) is 3. The fourth-order valence-corrected chi connectivity index (χ4v) is 8.91. The molecule has 0 unspecified atom stereocenters. The van der Waals surface area contributed by atoms with Gasteiger partial charge in [0.15, 0.2) is 5.82 Å². The van der Waals surface area contributed by atoms with Gasteiger partial charge in [-0.2, -0.15) is 10.1 Å². The Morgan fingerprint density at radius 3 is 2.43 bits per heavy atom. The van der Waals surface area contributed by atoms with E-state index in [0.29, 0.717) is 53.4 Å². The molecule has 3 aromatic heterocycles. The van der Waals surface area contributed by atoms with Crippen molar-refractivity contribution in [3.63, 3.8) is 0 Å². The Balaban J connectivity index is 0.807. The average Bonchev–Trinajstić information content (AvgIpc) is 3.58. The van der Waals surface area contributed by atoms with Gasteiger partial charge in [-0.1, -0.05) is 6.92 Å². The molecular weight excluding hydrogens is 845 g/mol. The normalized spacial score (nSPS) is 16.7. The number of nitrogens with zero attached hydrogens (tertiary/aromatic N) is 10. The molecule has 6 aromatic rings. The van der Waals surface area contributed by atoms with Crippen LogP contribution in [0.2, 0.25) is 0 Å². The maximum atomic E-state index is 15.7. The van der Waals surface area contributed by atoms with Crippen molar-refractivity contribution in [1.82, 2.24) is 39.9 Å². The minimum atomic E-state index is -0.539. The van der Waals surface area contributed by atoms with E-state index >= 15 is 4.39 Å². The zero-order valence-corrected chi connectivity index (χ0v) is 35.9. The predicted octanol–water partition coefficient (Wildman–Crippen LogP) is 6.75. The summed E-state index contributed by atoms with van der Waals surface area (Å²) in [4.78, 5) is 50.8. The molecule has 0 atom stereocenters. The number of hydrogen-bond acceptors (Lipinski definition) is 13. The minimum Gasteiger partial charge on any atom is -0.494 e. The molecule has 16 nitrogen and oxygen atoms in total. The number of imide groups is 1. The number of benzene rings is 3. The van der Waals surface area contributed by atoms with Gasteiger partial charge in [0.2, 0.25) is 11.9 Å². The van der Waals surface area contributed by atoms with Crippen LogP contribution in [0.15, 0.2) is 65.5 Å². The molecule has 0 saturated carbocycles. The van der Waals surface area contributed by atoms with Crippen molar-refractivity contribution in [2.75, 3.05) is 84.8 Å². The van der Waals surface area contributed by atoms with E-state index in [4.69, 9.17) is 9.72 Å². The Kier molecular flexibility index (Phi) is 11.3. The van der Waals surface area contributed by atoms with E-state index in [1.54, 1.807) is 37.4 Å². The van der Waals surface area contributed by atoms with E-state index in [1.807, 2.05) is 24.3 Å². The van der Waals surface area contributed by atoms with E-state index in [1.165, 1.54) is 22.2 Å². The van der Waals surface area contributed by atoms with E-state index in [0.717, 1.165) is 84.4 Å². The highest BCUT2D eigenvalue weighted by atomic mass is 79.9. The van der Waals surface area contributed by atoms with Crippen molar-refractivity contribution >= 4 is 90.1 Å². The highest BCUT2D eigenvalue weighted by molar-refractivity contribution is 9.10. The van der Waals surface area contributed by atoms with Crippen molar-refractivity contribution in [1.29, 1.82) is 0 Å². The number of aryl methyl sites for hydroxylation is 2. The molecule has 3 fully saturated rings. The number of aromatic nitrogens is 6. The SMILES string of the molecule is CCc1cc(Nc2ncc(Br)c(Nc3ccc4nccnc4c3)n2)c(OC)cc1N1CCC(CN2CCN(c3cc4c(cc3F)c(N3CCC(=O)NC3=O)nn4C)CC2)CC1. The highest BCUT2D eigenvalue weighted by Gasteiger charge is 2.30. The first-order chi connectivity index (χ1) is 29.6. The average molecular weight is 893 g/mol. The number of halogens is 2. The number of carbonyl (C=O) groups is 2. The molecule has 3 saturated heterocycles. The van der Waals surface area contributed by atoms with Gasteiger partial charge in [-0.3, -0.25) is 34.6 Å². The lowest BCUT2D eigenvalue weighted by Gasteiger charge is -2.40. The molecule has 3 aromatic carbocycles. The van der Waals surface area contributed by atoms with Gasteiger partial charge in [0.25, 0.3) is 0 Å². The number of anilines is 7. The molecule has 0 aliphatic carbocycles. The fourth-order valence-electron chi connectivity index (χ4n) is 8.62. The molecule has 3 aliphatic rings. The van der Waals surface area contributed by atoms with Gasteiger partial charge in [-0.25, -0.2) is 14.2 Å². The van der Waals surface area contributed by atoms with Crippen molar-refractivity contribution in [3.05, 3.63) is 76.9 Å². The lowest BCUT2D eigenvalue weighted by Crippen LogP contribution is -2.49. The third-order valence-electron chi connectivity index (χ3n) is 11.9. The molecule has 18 heteroatoms. The molecule has 0 radical (unpaired) electrons. The zero-order valence-electron chi connectivity index (χ0n) is 34.3. The van der Waals surface area contributed by atoms with Crippen LogP contribution >= 0.6 is 15.9 Å². The van der Waals surface area contributed by atoms with Crippen molar-refractivity contribution in [2.45, 2.75) is 32.6 Å². The number of amides is 3. The van der Waals surface area contributed by atoms with Crippen LogP contribution in [0.5, 0.6) is 5.75 Å². The maximum absolute atomic E-state index is 15.7. The van der Waals surface area contributed by atoms with Gasteiger partial charge < -0.3 is 25.2 Å². The van der Waals surface area contributed by atoms with Crippen LogP contribution in [0.3, 0.4) is 0 Å². The number of ether oxygens (including phenoxy) is 1. The van der Waals surface area contributed by atoms with Crippen molar-refractivity contribution in [2.24, 2.45) is 13.0 Å². The molecular formula is C43H47BrFN13O3. The summed E-state index contributed by atoms with van der Waals surface area (Å²) in [6, 6.07) is 12.8.